The molecule has 178 valence electrons. The zero-order valence-corrected chi connectivity index (χ0v) is 18.9. The Morgan fingerprint density at radius 1 is 1.15 bits per heavy atom. The second-order valence-electron chi connectivity index (χ2n) is 9.07. The molecule has 3 amide bonds. The summed E-state index contributed by atoms with van der Waals surface area (Å²) in [5.41, 5.74) is 0. The van der Waals surface area contributed by atoms with E-state index in [4.69, 9.17) is 14.2 Å². The zero-order valence-electron chi connectivity index (χ0n) is 18.9. The van der Waals surface area contributed by atoms with Gasteiger partial charge in [-0.2, -0.15) is 0 Å². The molecule has 9 heteroatoms. The Kier molecular flexibility index (Phi) is 6.88. The molecule has 0 radical (unpaired) electrons. The van der Waals surface area contributed by atoms with Crippen molar-refractivity contribution in [1.82, 2.24) is 10.2 Å². The standard InChI is InChI=1S/C24H30N2O7/c1-14(2)9-19(26-23(29)17-5-3-4-6-18(17)24(26)30)22(28)25-11-15(27)12-31-16-7-8-20-21(10-16)33-13-32-20/h3-4,7-8,10,14-15,17-19,27H,5-6,9,11-13H2,1-2H3,(H,25,28). The third-order valence-electron chi connectivity index (χ3n) is 6.15. The molecule has 2 heterocycles. The first-order valence-corrected chi connectivity index (χ1v) is 11.3. The summed E-state index contributed by atoms with van der Waals surface area (Å²) < 4.78 is 16.1. The maximum Gasteiger partial charge on any atom is 0.243 e. The van der Waals surface area contributed by atoms with E-state index in [-0.39, 0.29) is 49.5 Å². The van der Waals surface area contributed by atoms with Gasteiger partial charge in [0.25, 0.3) is 0 Å². The fourth-order valence-electron chi connectivity index (χ4n) is 4.46. The van der Waals surface area contributed by atoms with Gasteiger partial charge >= 0.3 is 0 Å². The number of ether oxygens (including phenoxy) is 3. The van der Waals surface area contributed by atoms with Crippen molar-refractivity contribution in [2.45, 2.75) is 45.3 Å². The van der Waals surface area contributed by atoms with E-state index in [1.54, 1.807) is 18.2 Å². The summed E-state index contributed by atoms with van der Waals surface area (Å²) >= 11 is 0. The number of rotatable bonds is 9. The van der Waals surface area contributed by atoms with E-state index in [0.29, 0.717) is 36.5 Å². The SMILES string of the molecule is CC(C)CC(C(=O)NCC(O)COc1ccc2c(c1)OCO2)N1C(=O)C2CC=CCC2C1=O. The van der Waals surface area contributed by atoms with Crippen LogP contribution in [0.25, 0.3) is 0 Å². The quantitative estimate of drug-likeness (QED) is 0.427. The highest BCUT2D eigenvalue weighted by atomic mass is 16.7. The van der Waals surface area contributed by atoms with E-state index >= 15 is 0 Å². The number of benzene rings is 1. The van der Waals surface area contributed by atoms with Crippen LogP contribution < -0.4 is 19.5 Å². The molecule has 1 fully saturated rings. The number of amides is 3. The number of likely N-dealkylation sites (tertiary alicyclic amines) is 1. The fraction of sp³-hybridized carbons (Fsp3) is 0.542. The highest BCUT2D eigenvalue weighted by Gasteiger charge is 2.51. The summed E-state index contributed by atoms with van der Waals surface area (Å²) in [6.07, 6.45) is 4.28. The molecule has 0 bridgehead atoms. The maximum absolute atomic E-state index is 13.0. The molecule has 3 aliphatic rings. The number of hydrogen-bond acceptors (Lipinski definition) is 7. The largest absolute Gasteiger partial charge is 0.491 e. The summed E-state index contributed by atoms with van der Waals surface area (Å²) in [5, 5.41) is 13.0. The van der Waals surface area contributed by atoms with E-state index in [2.05, 4.69) is 5.32 Å². The summed E-state index contributed by atoms with van der Waals surface area (Å²) in [7, 11) is 0. The van der Waals surface area contributed by atoms with Gasteiger partial charge in [0.2, 0.25) is 24.5 Å². The van der Waals surface area contributed by atoms with Crippen LogP contribution in [0.1, 0.15) is 33.1 Å². The van der Waals surface area contributed by atoms with Crippen molar-refractivity contribution in [2.75, 3.05) is 19.9 Å². The van der Waals surface area contributed by atoms with Gasteiger partial charge in [0.05, 0.1) is 11.8 Å². The Hall–Kier alpha value is -3.07. The number of fused-ring (bicyclic) bond motifs is 2. The molecule has 4 atom stereocenters. The number of aliphatic hydroxyl groups is 1. The highest BCUT2D eigenvalue weighted by molar-refractivity contribution is 6.08. The van der Waals surface area contributed by atoms with E-state index in [9.17, 15) is 19.5 Å². The fourth-order valence-corrected chi connectivity index (χ4v) is 4.46. The Bertz CT molecular complexity index is 919. The number of carbonyl (C=O) groups excluding carboxylic acids is 3. The van der Waals surface area contributed by atoms with Crippen LogP contribution >= 0.6 is 0 Å². The Balaban J connectivity index is 1.33. The van der Waals surface area contributed by atoms with Gasteiger partial charge in [-0.3, -0.25) is 19.3 Å². The Morgan fingerprint density at radius 3 is 2.48 bits per heavy atom. The van der Waals surface area contributed by atoms with Crippen molar-refractivity contribution in [3.8, 4) is 17.2 Å². The third-order valence-corrected chi connectivity index (χ3v) is 6.15. The molecule has 1 saturated heterocycles. The molecule has 1 aromatic carbocycles. The number of carbonyl (C=O) groups is 3. The van der Waals surface area contributed by atoms with Gasteiger partial charge in [0, 0.05) is 12.6 Å². The van der Waals surface area contributed by atoms with Crippen molar-refractivity contribution in [2.24, 2.45) is 17.8 Å². The first kappa shape index (κ1) is 23.1. The van der Waals surface area contributed by atoms with Crippen molar-refractivity contribution < 1.29 is 33.7 Å². The molecule has 0 saturated carbocycles. The Morgan fingerprint density at radius 2 is 1.82 bits per heavy atom. The van der Waals surface area contributed by atoms with E-state index in [1.807, 2.05) is 26.0 Å². The van der Waals surface area contributed by atoms with Crippen LogP contribution in [0.15, 0.2) is 30.4 Å². The van der Waals surface area contributed by atoms with Gasteiger partial charge in [-0.25, -0.2) is 0 Å². The lowest BCUT2D eigenvalue weighted by Gasteiger charge is -2.27. The highest BCUT2D eigenvalue weighted by Crippen LogP contribution is 2.37. The summed E-state index contributed by atoms with van der Waals surface area (Å²) in [6.45, 7) is 3.92. The van der Waals surface area contributed by atoms with Crippen LogP contribution in [-0.2, 0) is 14.4 Å². The van der Waals surface area contributed by atoms with Gasteiger partial charge in [0.15, 0.2) is 11.5 Å². The first-order chi connectivity index (χ1) is 15.8. The van der Waals surface area contributed by atoms with Crippen LogP contribution in [0.2, 0.25) is 0 Å². The van der Waals surface area contributed by atoms with Crippen molar-refractivity contribution in [3.05, 3.63) is 30.4 Å². The van der Waals surface area contributed by atoms with Crippen LogP contribution in [0, 0.1) is 17.8 Å². The number of imide groups is 1. The predicted octanol–water partition coefficient (Wildman–Crippen LogP) is 1.64. The van der Waals surface area contributed by atoms with E-state index < -0.39 is 18.1 Å². The molecule has 4 rings (SSSR count). The van der Waals surface area contributed by atoms with E-state index in [1.165, 1.54) is 0 Å². The Labute approximate surface area is 192 Å². The van der Waals surface area contributed by atoms with Gasteiger partial charge < -0.3 is 24.6 Å². The summed E-state index contributed by atoms with van der Waals surface area (Å²) in [5.74, 6) is 0.0443. The summed E-state index contributed by atoms with van der Waals surface area (Å²) in [6, 6.07) is 4.21. The molecule has 1 aliphatic carbocycles. The van der Waals surface area contributed by atoms with Crippen LogP contribution in [0.3, 0.4) is 0 Å². The number of allylic oxidation sites excluding steroid dienone is 2. The minimum atomic E-state index is -0.976. The number of nitrogens with one attached hydrogen (secondary N) is 1. The number of nitrogens with zero attached hydrogens (tertiary/aromatic N) is 1. The molecule has 2 aliphatic heterocycles. The predicted molar refractivity (Wildman–Crippen MR) is 118 cm³/mol. The molecular formula is C24H30N2O7. The van der Waals surface area contributed by atoms with Crippen LogP contribution in [0.4, 0.5) is 0 Å². The van der Waals surface area contributed by atoms with Crippen molar-refractivity contribution in [1.29, 1.82) is 0 Å². The van der Waals surface area contributed by atoms with E-state index in [0.717, 1.165) is 4.90 Å². The number of aliphatic hydroxyl groups excluding tert-OH is 1. The average molecular weight is 459 g/mol. The first-order valence-electron chi connectivity index (χ1n) is 11.3. The van der Waals surface area contributed by atoms with Crippen LogP contribution in [0.5, 0.6) is 17.2 Å². The zero-order chi connectivity index (χ0) is 23.5. The maximum atomic E-state index is 13.0. The molecule has 0 aromatic heterocycles. The third kappa shape index (κ3) is 4.98. The molecule has 4 unspecified atom stereocenters. The lowest BCUT2D eigenvalue weighted by molar-refractivity contribution is -0.148. The van der Waals surface area contributed by atoms with Gasteiger partial charge in [-0.05, 0) is 37.3 Å². The minimum absolute atomic E-state index is 0.0494. The molecule has 33 heavy (non-hydrogen) atoms. The lowest BCUT2D eigenvalue weighted by atomic mass is 9.85. The second kappa shape index (κ2) is 9.82. The molecule has 2 N–H and O–H groups in total. The average Bonchev–Trinajstić information content (AvgIpc) is 3.37. The molecule has 1 aromatic rings. The lowest BCUT2D eigenvalue weighted by Crippen LogP contribution is -2.52. The smallest absolute Gasteiger partial charge is 0.243 e. The molecule has 0 spiro atoms. The van der Waals surface area contributed by atoms with Crippen LogP contribution in [-0.4, -0.2) is 59.8 Å². The van der Waals surface area contributed by atoms with Crippen molar-refractivity contribution >= 4 is 17.7 Å². The topological polar surface area (TPSA) is 114 Å². The second-order valence-corrected chi connectivity index (χ2v) is 9.07. The van der Waals surface area contributed by atoms with Gasteiger partial charge in [0.1, 0.15) is 24.5 Å². The van der Waals surface area contributed by atoms with Gasteiger partial charge in [-0.15, -0.1) is 0 Å². The normalized spacial score (nSPS) is 23.0. The summed E-state index contributed by atoms with van der Waals surface area (Å²) in [4.78, 5) is 40.1. The van der Waals surface area contributed by atoms with Crippen molar-refractivity contribution in [3.63, 3.8) is 0 Å². The monoisotopic (exact) mass is 458 g/mol. The molecular weight excluding hydrogens is 428 g/mol. The minimum Gasteiger partial charge on any atom is -0.491 e. The van der Waals surface area contributed by atoms with Gasteiger partial charge in [-0.1, -0.05) is 26.0 Å². The molecule has 9 nitrogen and oxygen atoms in total. The number of hydrogen-bond donors (Lipinski definition) is 2.